The minimum absolute atomic E-state index is 0.0721. The molecule has 22 heavy (non-hydrogen) atoms. The lowest BCUT2D eigenvalue weighted by Crippen LogP contribution is -2.44. The molecule has 1 aromatic carbocycles. The molecule has 0 aliphatic carbocycles. The Morgan fingerprint density at radius 2 is 1.86 bits per heavy atom. The average Bonchev–Trinajstić information content (AvgIpc) is 2.52. The van der Waals surface area contributed by atoms with Crippen LogP contribution >= 0.6 is 0 Å². The summed E-state index contributed by atoms with van der Waals surface area (Å²) in [6.07, 6.45) is -1.25. The van der Waals surface area contributed by atoms with E-state index >= 15 is 0 Å². The monoisotopic (exact) mass is 315 g/mol. The number of hydrogen-bond acceptors (Lipinski definition) is 3. The van der Waals surface area contributed by atoms with Crippen LogP contribution < -0.4 is 9.47 Å². The third-order valence-corrected chi connectivity index (χ3v) is 3.50. The number of halogens is 3. The second kappa shape index (κ2) is 6.29. The highest BCUT2D eigenvalue weighted by molar-refractivity contribution is 5.82. The standard InChI is InChI=1S/C15H16F3NO3/c1-21-12-7-6-10(9-13(12)22-2)11-5-3-4-8-19(11)14(20)15(16,17)18/h3-4,6-7,9,11H,5,8H2,1-2H3. The Balaban J connectivity index is 2.36. The van der Waals surface area contributed by atoms with Crippen molar-refractivity contribution in [1.29, 1.82) is 0 Å². The summed E-state index contributed by atoms with van der Waals surface area (Å²) in [5, 5.41) is 0. The molecule has 0 spiro atoms. The van der Waals surface area contributed by atoms with Crippen LogP contribution in [0.15, 0.2) is 30.4 Å². The maximum atomic E-state index is 12.7. The van der Waals surface area contributed by atoms with E-state index < -0.39 is 18.1 Å². The van der Waals surface area contributed by atoms with Crippen LogP contribution in [-0.4, -0.2) is 37.7 Å². The first kappa shape index (κ1) is 16.2. The van der Waals surface area contributed by atoms with Crippen LogP contribution in [-0.2, 0) is 4.79 Å². The van der Waals surface area contributed by atoms with Crippen LogP contribution in [0.25, 0.3) is 0 Å². The Bertz CT molecular complexity index is 584. The molecule has 1 amide bonds. The van der Waals surface area contributed by atoms with Crippen LogP contribution in [0.4, 0.5) is 13.2 Å². The van der Waals surface area contributed by atoms with Gasteiger partial charge in [-0.05, 0) is 24.1 Å². The number of carbonyl (C=O) groups excluding carboxylic acids is 1. The van der Waals surface area contributed by atoms with E-state index in [0.717, 1.165) is 4.90 Å². The number of ether oxygens (including phenoxy) is 2. The third kappa shape index (κ3) is 3.18. The molecule has 0 bridgehead atoms. The fourth-order valence-corrected chi connectivity index (χ4v) is 2.43. The van der Waals surface area contributed by atoms with Gasteiger partial charge in [-0.15, -0.1) is 0 Å². The molecule has 0 radical (unpaired) electrons. The van der Waals surface area contributed by atoms with Crippen molar-refractivity contribution >= 4 is 5.91 Å². The number of rotatable bonds is 3. The molecule has 4 nitrogen and oxygen atoms in total. The molecule has 1 heterocycles. The van der Waals surface area contributed by atoms with E-state index in [1.807, 2.05) is 0 Å². The molecule has 2 rings (SSSR count). The summed E-state index contributed by atoms with van der Waals surface area (Å²) in [5.41, 5.74) is 0.569. The normalized spacial score (nSPS) is 18.2. The summed E-state index contributed by atoms with van der Waals surface area (Å²) >= 11 is 0. The number of methoxy groups -OCH3 is 2. The molecular weight excluding hydrogens is 299 g/mol. The zero-order chi connectivity index (χ0) is 16.3. The van der Waals surface area contributed by atoms with Crippen molar-refractivity contribution in [1.82, 2.24) is 4.90 Å². The van der Waals surface area contributed by atoms with Crippen LogP contribution in [0.3, 0.4) is 0 Å². The van der Waals surface area contributed by atoms with Gasteiger partial charge in [0.25, 0.3) is 0 Å². The van der Waals surface area contributed by atoms with Crippen molar-refractivity contribution in [3.05, 3.63) is 35.9 Å². The summed E-state index contributed by atoms with van der Waals surface area (Å²) in [5.74, 6) is -0.947. The molecule has 0 aromatic heterocycles. The third-order valence-electron chi connectivity index (χ3n) is 3.50. The van der Waals surface area contributed by atoms with Crippen LogP contribution in [0.2, 0.25) is 0 Å². The topological polar surface area (TPSA) is 38.8 Å². The van der Waals surface area contributed by atoms with Gasteiger partial charge in [0, 0.05) is 6.54 Å². The molecule has 1 aliphatic rings. The van der Waals surface area contributed by atoms with Crippen molar-refractivity contribution in [3.8, 4) is 11.5 Å². The summed E-state index contributed by atoms with van der Waals surface area (Å²) in [6, 6.07) is 4.17. The molecule has 1 unspecified atom stereocenters. The van der Waals surface area contributed by atoms with Crippen molar-refractivity contribution < 1.29 is 27.4 Å². The largest absolute Gasteiger partial charge is 0.493 e. The van der Waals surface area contributed by atoms with Gasteiger partial charge in [-0.2, -0.15) is 13.2 Å². The number of alkyl halides is 3. The van der Waals surface area contributed by atoms with Gasteiger partial charge in [-0.1, -0.05) is 18.2 Å². The number of carbonyl (C=O) groups is 1. The predicted molar refractivity (Wildman–Crippen MR) is 73.8 cm³/mol. The average molecular weight is 315 g/mol. The molecule has 1 atom stereocenters. The summed E-state index contributed by atoms with van der Waals surface area (Å²) in [6.45, 7) is -0.0721. The van der Waals surface area contributed by atoms with Gasteiger partial charge in [0.1, 0.15) is 0 Å². The van der Waals surface area contributed by atoms with Crippen molar-refractivity contribution in [2.75, 3.05) is 20.8 Å². The fraction of sp³-hybridized carbons (Fsp3) is 0.400. The smallest absolute Gasteiger partial charge is 0.471 e. The minimum atomic E-state index is -4.89. The highest BCUT2D eigenvalue weighted by Gasteiger charge is 2.45. The molecule has 0 saturated carbocycles. The van der Waals surface area contributed by atoms with E-state index in [1.165, 1.54) is 14.2 Å². The van der Waals surface area contributed by atoms with E-state index in [0.29, 0.717) is 23.5 Å². The number of benzene rings is 1. The molecule has 1 aromatic rings. The van der Waals surface area contributed by atoms with Gasteiger partial charge >= 0.3 is 12.1 Å². The lowest BCUT2D eigenvalue weighted by atomic mass is 9.98. The first-order valence-corrected chi connectivity index (χ1v) is 6.63. The SMILES string of the molecule is COc1ccc(C2CC=CCN2C(=O)C(F)(F)F)cc1OC. The Kier molecular flexibility index (Phi) is 4.63. The van der Waals surface area contributed by atoms with Crippen LogP contribution in [0.5, 0.6) is 11.5 Å². The first-order valence-electron chi connectivity index (χ1n) is 6.63. The molecule has 120 valence electrons. The van der Waals surface area contributed by atoms with Crippen LogP contribution in [0.1, 0.15) is 18.0 Å². The highest BCUT2D eigenvalue weighted by atomic mass is 19.4. The van der Waals surface area contributed by atoms with Crippen molar-refractivity contribution in [2.45, 2.75) is 18.6 Å². The second-order valence-electron chi connectivity index (χ2n) is 4.79. The van der Waals surface area contributed by atoms with E-state index in [1.54, 1.807) is 30.4 Å². The van der Waals surface area contributed by atoms with E-state index in [2.05, 4.69) is 0 Å². The molecule has 0 fully saturated rings. The van der Waals surface area contributed by atoms with E-state index in [-0.39, 0.29) is 6.54 Å². The Hall–Kier alpha value is -2.18. The number of nitrogens with zero attached hydrogens (tertiary/aromatic N) is 1. The second-order valence-corrected chi connectivity index (χ2v) is 4.79. The summed E-state index contributed by atoms with van der Waals surface area (Å²) < 4.78 is 48.5. The molecule has 7 heteroatoms. The molecular formula is C15H16F3NO3. The van der Waals surface area contributed by atoms with Gasteiger partial charge in [-0.25, -0.2) is 0 Å². The predicted octanol–water partition coefficient (Wildman–Crippen LogP) is 3.10. The molecule has 0 saturated heterocycles. The number of amides is 1. The molecule has 0 N–H and O–H groups in total. The minimum Gasteiger partial charge on any atom is -0.493 e. The van der Waals surface area contributed by atoms with Crippen molar-refractivity contribution in [2.24, 2.45) is 0 Å². The lowest BCUT2D eigenvalue weighted by Gasteiger charge is -2.34. The fourth-order valence-electron chi connectivity index (χ4n) is 2.43. The Morgan fingerprint density at radius 3 is 2.45 bits per heavy atom. The van der Waals surface area contributed by atoms with Gasteiger partial charge in [0.15, 0.2) is 11.5 Å². The maximum Gasteiger partial charge on any atom is 0.471 e. The highest BCUT2D eigenvalue weighted by Crippen LogP contribution is 2.36. The summed E-state index contributed by atoms with van der Waals surface area (Å²) in [7, 11) is 2.92. The Morgan fingerprint density at radius 1 is 1.18 bits per heavy atom. The quantitative estimate of drug-likeness (QED) is 0.805. The van der Waals surface area contributed by atoms with E-state index in [4.69, 9.17) is 9.47 Å². The van der Waals surface area contributed by atoms with Crippen LogP contribution in [0, 0.1) is 0 Å². The zero-order valence-corrected chi connectivity index (χ0v) is 12.2. The van der Waals surface area contributed by atoms with Gasteiger partial charge in [0.05, 0.1) is 20.3 Å². The van der Waals surface area contributed by atoms with Gasteiger partial charge in [-0.3, -0.25) is 4.79 Å². The van der Waals surface area contributed by atoms with Gasteiger partial charge in [0.2, 0.25) is 0 Å². The van der Waals surface area contributed by atoms with E-state index in [9.17, 15) is 18.0 Å². The lowest BCUT2D eigenvalue weighted by molar-refractivity contribution is -0.187. The maximum absolute atomic E-state index is 12.7. The Labute approximate surface area is 126 Å². The number of hydrogen-bond donors (Lipinski definition) is 0. The summed E-state index contributed by atoms with van der Waals surface area (Å²) in [4.78, 5) is 12.4. The van der Waals surface area contributed by atoms with Gasteiger partial charge < -0.3 is 14.4 Å². The zero-order valence-electron chi connectivity index (χ0n) is 12.2. The molecule has 1 aliphatic heterocycles. The van der Waals surface area contributed by atoms with Crippen molar-refractivity contribution in [3.63, 3.8) is 0 Å². The first-order chi connectivity index (χ1) is 10.4.